The minimum absolute atomic E-state index is 0.596. The van der Waals surface area contributed by atoms with E-state index in [-0.39, 0.29) is 0 Å². The first-order valence-corrected chi connectivity index (χ1v) is 2.19. The van der Waals surface area contributed by atoms with Crippen LogP contribution in [-0.2, 0) is 4.74 Å². The molecule has 0 bridgehead atoms. The van der Waals surface area contributed by atoms with Gasteiger partial charge in [-0.05, 0) is 6.08 Å². The lowest BCUT2D eigenvalue weighted by Gasteiger charge is -1.81. The highest BCUT2D eigenvalue weighted by Crippen LogP contribution is 1.90. The van der Waals surface area contributed by atoms with Gasteiger partial charge >= 0.3 is 0 Å². The summed E-state index contributed by atoms with van der Waals surface area (Å²) in [7, 11) is 0. The van der Waals surface area contributed by atoms with Crippen LogP contribution in [0, 0.1) is 0 Å². The highest BCUT2D eigenvalue weighted by atomic mass is 16.5. The van der Waals surface area contributed by atoms with Gasteiger partial charge < -0.3 is 10.5 Å². The third kappa shape index (κ3) is 1.11. The van der Waals surface area contributed by atoms with Crippen molar-refractivity contribution in [1.82, 2.24) is 0 Å². The van der Waals surface area contributed by atoms with Crippen LogP contribution in [0.15, 0.2) is 29.2 Å². The predicted octanol–water partition coefficient (Wildman–Crippen LogP) is 0.359. The van der Waals surface area contributed by atoms with Crippen molar-refractivity contribution in [2.75, 3.05) is 0 Å². The molecule has 0 amide bonds. The molecule has 1 aliphatic heterocycles. The number of hydrogen-bond donors (Lipinski definition) is 1. The number of hydrogen-bond acceptors (Lipinski definition) is 3. The van der Waals surface area contributed by atoms with Gasteiger partial charge in [0.05, 0.1) is 18.2 Å². The van der Waals surface area contributed by atoms with Crippen LogP contribution in [0.2, 0.25) is 0 Å². The van der Waals surface area contributed by atoms with Crippen LogP contribution >= 0.6 is 0 Å². The zero-order valence-corrected chi connectivity index (χ0v) is 4.24. The van der Waals surface area contributed by atoms with Crippen molar-refractivity contribution in [3.05, 3.63) is 24.2 Å². The summed E-state index contributed by atoms with van der Waals surface area (Å²) in [4.78, 5) is 3.66. The molecule has 3 heteroatoms. The molecule has 0 aromatic rings. The van der Waals surface area contributed by atoms with Gasteiger partial charge in [-0.1, -0.05) is 0 Å². The Balaban J connectivity index is 2.73. The lowest BCUT2D eigenvalue weighted by molar-refractivity contribution is 0.495. The van der Waals surface area contributed by atoms with E-state index in [1.165, 1.54) is 18.9 Å². The third-order valence-electron chi connectivity index (χ3n) is 0.684. The summed E-state index contributed by atoms with van der Waals surface area (Å²) in [6, 6.07) is 0. The molecule has 42 valence electrons. The van der Waals surface area contributed by atoms with E-state index in [2.05, 4.69) is 9.73 Å². The van der Waals surface area contributed by atoms with Crippen molar-refractivity contribution in [3.8, 4) is 0 Å². The first-order chi connectivity index (χ1) is 3.89. The van der Waals surface area contributed by atoms with Crippen molar-refractivity contribution in [2.45, 2.75) is 0 Å². The largest absolute Gasteiger partial charge is 0.453 e. The normalized spacial score (nSPS) is 16.8. The van der Waals surface area contributed by atoms with E-state index in [0.717, 1.165) is 0 Å². The van der Waals surface area contributed by atoms with Crippen molar-refractivity contribution < 1.29 is 4.74 Å². The SMILES string of the molecule is NC1=CN=COC=C1. The van der Waals surface area contributed by atoms with E-state index < -0.39 is 0 Å². The monoisotopic (exact) mass is 110 g/mol. The number of aliphatic imine (C=N–C) groups is 1. The molecule has 2 N–H and O–H groups in total. The van der Waals surface area contributed by atoms with E-state index in [0.29, 0.717) is 5.70 Å². The average molecular weight is 110 g/mol. The molecule has 0 saturated heterocycles. The van der Waals surface area contributed by atoms with Crippen molar-refractivity contribution in [3.63, 3.8) is 0 Å². The number of nitrogens with zero attached hydrogens (tertiary/aromatic N) is 1. The maximum atomic E-state index is 5.32. The number of allylic oxidation sites excluding steroid dienone is 1. The van der Waals surface area contributed by atoms with Crippen LogP contribution < -0.4 is 5.73 Å². The third-order valence-corrected chi connectivity index (χ3v) is 0.684. The second kappa shape index (κ2) is 2.16. The minimum atomic E-state index is 0.596. The van der Waals surface area contributed by atoms with Crippen molar-refractivity contribution in [1.29, 1.82) is 0 Å². The smallest absolute Gasteiger partial charge is 0.180 e. The Labute approximate surface area is 47.2 Å². The van der Waals surface area contributed by atoms with Crippen LogP contribution in [0.3, 0.4) is 0 Å². The molecule has 0 saturated carbocycles. The fourth-order valence-electron chi connectivity index (χ4n) is 0.348. The quantitative estimate of drug-likeness (QED) is 0.489. The maximum absolute atomic E-state index is 5.32. The molecule has 0 aromatic heterocycles. The summed E-state index contributed by atoms with van der Waals surface area (Å²) in [6.45, 7) is 0. The molecule has 0 atom stereocenters. The summed E-state index contributed by atoms with van der Waals surface area (Å²) >= 11 is 0. The van der Waals surface area contributed by atoms with Gasteiger partial charge in [0.15, 0.2) is 6.40 Å². The molecule has 3 nitrogen and oxygen atoms in total. The fraction of sp³-hybridized carbons (Fsp3) is 0. The maximum Gasteiger partial charge on any atom is 0.180 e. The van der Waals surface area contributed by atoms with Gasteiger partial charge in [0.2, 0.25) is 0 Å². The Kier molecular flexibility index (Phi) is 1.32. The zero-order valence-electron chi connectivity index (χ0n) is 4.24. The van der Waals surface area contributed by atoms with Crippen molar-refractivity contribution >= 4 is 6.40 Å². The highest BCUT2D eigenvalue weighted by Gasteiger charge is 1.81. The Morgan fingerprint density at radius 2 is 2.50 bits per heavy atom. The van der Waals surface area contributed by atoms with Crippen LogP contribution in [0.25, 0.3) is 0 Å². The Hall–Kier alpha value is -1.25. The second-order valence-electron chi connectivity index (χ2n) is 1.32. The van der Waals surface area contributed by atoms with Crippen LogP contribution in [0.1, 0.15) is 0 Å². The lowest BCUT2D eigenvalue weighted by Crippen LogP contribution is -1.89. The molecule has 0 radical (unpaired) electrons. The summed E-state index contributed by atoms with van der Waals surface area (Å²) < 4.78 is 4.66. The molecule has 0 spiro atoms. The van der Waals surface area contributed by atoms with Gasteiger partial charge in [0.25, 0.3) is 0 Å². The van der Waals surface area contributed by atoms with E-state index in [1.54, 1.807) is 6.08 Å². The van der Waals surface area contributed by atoms with E-state index in [4.69, 9.17) is 5.73 Å². The van der Waals surface area contributed by atoms with Gasteiger partial charge in [-0.2, -0.15) is 0 Å². The predicted molar refractivity (Wildman–Crippen MR) is 31.0 cm³/mol. The molecule has 0 unspecified atom stereocenters. The molecule has 0 aliphatic carbocycles. The number of rotatable bonds is 0. The number of ether oxygens (including phenoxy) is 1. The second-order valence-corrected chi connectivity index (χ2v) is 1.32. The highest BCUT2D eigenvalue weighted by molar-refractivity contribution is 5.50. The molecule has 8 heavy (non-hydrogen) atoms. The van der Waals surface area contributed by atoms with Crippen LogP contribution in [0.5, 0.6) is 0 Å². The fourth-order valence-corrected chi connectivity index (χ4v) is 0.348. The van der Waals surface area contributed by atoms with Gasteiger partial charge in [-0.15, -0.1) is 0 Å². The summed E-state index contributed by atoms with van der Waals surface area (Å²) in [5.74, 6) is 0. The Morgan fingerprint density at radius 1 is 1.62 bits per heavy atom. The van der Waals surface area contributed by atoms with Gasteiger partial charge in [-0.25, -0.2) is 4.99 Å². The molecular formula is C5H6N2O. The Morgan fingerprint density at radius 3 is 3.38 bits per heavy atom. The van der Waals surface area contributed by atoms with E-state index in [1.807, 2.05) is 0 Å². The minimum Gasteiger partial charge on any atom is -0.453 e. The van der Waals surface area contributed by atoms with E-state index in [9.17, 15) is 0 Å². The lowest BCUT2D eigenvalue weighted by atomic mass is 10.5. The van der Waals surface area contributed by atoms with Crippen LogP contribution in [-0.4, -0.2) is 6.40 Å². The van der Waals surface area contributed by atoms with Crippen LogP contribution in [0.4, 0.5) is 0 Å². The zero-order chi connectivity index (χ0) is 5.82. The summed E-state index contributed by atoms with van der Waals surface area (Å²) in [5.41, 5.74) is 5.91. The van der Waals surface area contributed by atoms with E-state index >= 15 is 0 Å². The van der Waals surface area contributed by atoms with Gasteiger partial charge in [0.1, 0.15) is 0 Å². The van der Waals surface area contributed by atoms with Crippen molar-refractivity contribution in [2.24, 2.45) is 10.7 Å². The van der Waals surface area contributed by atoms with Gasteiger partial charge in [-0.3, -0.25) is 0 Å². The standard InChI is InChI=1S/C5H6N2O/c6-5-1-2-8-4-7-3-5/h1-4H,6H2. The topological polar surface area (TPSA) is 47.6 Å². The molecular weight excluding hydrogens is 104 g/mol. The van der Waals surface area contributed by atoms with Gasteiger partial charge in [0, 0.05) is 0 Å². The molecule has 1 heterocycles. The first kappa shape index (κ1) is 4.90. The average Bonchev–Trinajstić information content (AvgIpc) is 1.94. The molecule has 0 aromatic carbocycles. The summed E-state index contributed by atoms with van der Waals surface area (Å²) in [6.07, 6.45) is 5.94. The first-order valence-electron chi connectivity index (χ1n) is 2.19. The number of nitrogens with two attached hydrogens (primary N) is 1. The summed E-state index contributed by atoms with van der Waals surface area (Å²) in [5, 5.41) is 0. The molecule has 0 fully saturated rings. The molecule has 1 rings (SSSR count). The Bertz CT molecular complexity index is 158. The molecule has 1 aliphatic rings.